The maximum absolute atomic E-state index is 11.0. The smallest absolute Gasteiger partial charge is 0.339 e. The van der Waals surface area contributed by atoms with Crippen molar-refractivity contribution in [3.63, 3.8) is 0 Å². The minimum absolute atomic E-state index is 0.146. The van der Waals surface area contributed by atoms with Gasteiger partial charge in [-0.2, -0.15) is 0 Å². The standard InChI is InChI=1S/C14H18O5/c15-14(16)11-5-1-2-6-12(11)17-9-10-19-13-7-3-4-8-18-13/h1-2,5-6,13H,3-4,7-10H2,(H,15,16). The first-order valence-corrected chi connectivity index (χ1v) is 6.45. The highest BCUT2D eigenvalue weighted by Crippen LogP contribution is 2.18. The molecule has 0 radical (unpaired) electrons. The monoisotopic (exact) mass is 266 g/mol. The molecular formula is C14H18O5. The zero-order chi connectivity index (χ0) is 13.5. The normalized spacial score (nSPS) is 19.1. The number of rotatable bonds is 6. The third-order valence-corrected chi connectivity index (χ3v) is 2.90. The summed E-state index contributed by atoms with van der Waals surface area (Å²) in [4.78, 5) is 11.0. The first kappa shape index (κ1) is 13.8. The van der Waals surface area contributed by atoms with Gasteiger partial charge in [-0.15, -0.1) is 0 Å². The van der Waals surface area contributed by atoms with Crippen LogP contribution >= 0.6 is 0 Å². The summed E-state index contributed by atoms with van der Waals surface area (Å²) in [7, 11) is 0. The van der Waals surface area contributed by atoms with Crippen molar-refractivity contribution in [1.29, 1.82) is 0 Å². The van der Waals surface area contributed by atoms with Gasteiger partial charge in [0.25, 0.3) is 0 Å². The average Bonchev–Trinajstić information content (AvgIpc) is 2.45. The Kier molecular flexibility index (Phi) is 5.18. The highest BCUT2D eigenvalue weighted by molar-refractivity contribution is 5.90. The van der Waals surface area contributed by atoms with Crippen LogP contribution in [0.2, 0.25) is 0 Å². The average molecular weight is 266 g/mol. The second-order valence-corrected chi connectivity index (χ2v) is 4.32. The Morgan fingerprint density at radius 1 is 1.32 bits per heavy atom. The highest BCUT2D eigenvalue weighted by atomic mass is 16.7. The number of hydrogen-bond acceptors (Lipinski definition) is 4. The van der Waals surface area contributed by atoms with E-state index in [1.54, 1.807) is 18.2 Å². The lowest BCUT2D eigenvalue weighted by molar-refractivity contribution is -0.165. The van der Waals surface area contributed by atoms with Gasteiger partial charge in [0.05, 0.1) is 6.61 Å². The van der Waals surface area contributed by atoms with Crippen LogP contribution in [-0.2, 0) is 9.47 Å². The van der Waals surface area contributed by atoms with E-state index >= 15 is 0 Å². The van der Waals surface area contributed by atoms with Gasteiger partial charge in [0.2, 0.25) is 0 Å². The van der Waals surface area contributed by atoms with E-state index in [4.69, 9.17) is 19.3 Å². The first-order chi connectivity index (χ1) is 9.27. The van der Waals surface area contributed by atoms with Gasteiger partial charge in [0.1, 0.15) is 17.9 Å². The largest absolute Gasteiger partial charge is 0.490 e. The third-order valence-electron chi connectivity index (χ3n) is 2.90. The molecule has 5 heteroatoms. The summed E-state index contributed by atoms with van der Waals surface area (Å²) in [6.07, 6.45) is 2.97. The minimum atomic E-state index is -0.993. The van der Waals surface area contributed by atoms with Crippen LogP contribution in [0.1, 0.15) is 29.6 Å². The van der Waals surface area contributed by atoms with Crippen molar-refractivity contribution in [2.45, 2.75) is 25.6 Å². The van der Waals surface area contributed by atoms with Crippen LogP contribution in [0.3, 0.4) is 0 Å². The molecule has 0 saturated carbocycles. The SMILES string of the molecule is O=C(O)c1ccccc1OCCOC1CCCCO1. The molecule has 1 aliphatic heterocycles. The molecule has 0 aromatic heterocycles. The van der Waals surface area contributed by atoms with Gasteiger partial charge in [-0.1, -0.05) is 12.1 Å². The van der Waals surface area contributed by atoms with E-state index in [0.717, 1.165) is 25.9 Å². The molecule has 104 valence electrons. The van der Waals surface area contributed by atoms with Crippen LogP contribution in [0, 0.1) is 0 Å². The molecule has 1 unspecified atom stereocenters. The van der Waals surface area contributed by atoms with Gasteiger partial charge in [0, 0.05) is 6.61 Å². The molecule has 2 rings (SSSR count). The summed E-state index contributed by atoms with van der Waals surface area (Å²) >= 11 is 0. The Balaban J connectivity index is 1.74. The zero-order valence-electron chi connectivity index (χ0n) is 10.7. The van der Waals surface area contributed by atoms with Crippen molar-refractivity contribution >= 4 is 5.97 Å². The van der Waals surface area contributed by atoms with Crippen molar-refractivity contribution in [3.8, 4) is 5.75 Å². The van der Waals surface area contributed by atoms with Crippen LogP contribution in [0.25, 0.3) is 0 Å². The van der Waals surface area contributed by atoms with E-state index in [0.29, 0.717) is 19.0 Å². The molecule has 1 atom stereocenters. The maximum atomic E-state index is 11.0. The molecule has 0 spiro atoms. The molecule has 0 aliphatic carbocycles. The summed E-state index contributed by atoms with van der Waals surface area (Å²) in [5.74, 6) is -0.629. The Labute approximate surface area is 112 Å². The number of benzene rings is 1. The molecule has 19 heavy (non-hydrogen) atoms. The van der Waals surface area contributed by atoms with Crippen molar-refractivity contribution in [2.24, 2.45) is 0 Å². The fourth-order valence-electron chi connectivity index (χ4n) is 1.94. The summed E-state index contributed by atoms with van der Waals surface area (Å²) in [5, 5.41) is 8.99. The number of aromatic carboxylic acids is 1. The van der Waals surface area contributed by atoms with Crippen LogP contribution in [0.4, 0.5) is 0 Å². The van der Waals surface area contributed by atoms with E-state index in [1.165, 1.54) is 6.07 Å². The second kappa shape index (κ2) is 7.11. The van der Waals surface area contributed by atoms with E-state index in [1.807, 2.05) is 0 Å². The van der Waals surface area contributed by atoms with Crippen molar-refractivity contribution in [3.05, 3.63) is 29.8 Å². The van der Waals surface area contributed by atoms with Gasteiger partial charge in [0.15, 0.2) is 6.29 Å². The molecule has 1 heterocycles. The molecular weight excluding hydrogens is 248 g/mol. The van der Waals surface area contributed by atoms with Crippen molar-refractivity contribution in [2.75, 3.05) is 19.8 Å². The zero-order valence-corrected chi connectivity index (χ0v) is 10.7. The number of hydrogen-bond donors (Lipinski definition) is 1. The predicted octanol–water partition coefficient (Wildman–Crippen LogP) is 2.31. The molecule has 0 bridgehead atoms. The van der Waals surface area contributed by atoms with Crippen LogP contribution < -0.4 is 4.74 Å². The molecule has 0 amide bonds. The van der Waals surface area contributed by atoms with Gasteiger partial charge in [-0.25, -0.2) is 4.79 Å². The number of carbonyl (C=O) groups is 1. The Morgan fingerprint density at radius 3 is 2.89 bits per heavy atom. The lowest BCUT2D eigenvalue weighted by Gasteiger charge is -2.22. The summed E-state index contributed by atoms with van der Waals surface area (Å²) < 4.78 is 16.4. The van der Waals surface area contributed by atoms with Crippen molar-refractivity contribution < 1.29 is 24.1 Å². The highest BCUT2D eigenvalue weighted by Gasteiger charge is 2.14. The van der Waals surface area contributed by atoms with Gasteiger partial charge in [-0.3, -0.25) is 0 Å². The fourth-order valence-corrected chi connectivity index (χ4v) is 1.94. The Bertz CT molecular complexity index is 412. The molecule has 1 N–H and O–H groups in total. The molecule has 1 aliphatic rings. The maximum Gasteiger partial charge on any atom is 0.339 e. The van der Waals surface area contributed by atoms with Gasteiger partial charge < -0.3 is 19.3 Å². The molecule has 1 aromatic carbocycles. The van der Waals surface area contributed by atoms with Gasteiger partial charge in [-0.05, 0) is 31.4 Å². The topological polar surface area (TPSA) is 65.0 Å². The van der Waals surface area contributed by atoms with Crippen LogP contribution in [0.5, 0.6) is 5.75 Å². The number of ether oxygens (including phenoxy) is 3. The fraction of sp³-hybridized carbons (Fsp3) is 0.500. The Hall–Kier alpha value is -1.59. The summed E-state index contributed by atoms with van der Waals surface area (Å²) in [6.45, 7) is 1.44. The molecule has 1 aromatic rings. The van der Waals surface area contributed by atoms with Gasteiger partial charge >= 0.3 is 5.97 Å². The number of carboxylic acids is 1. The third kappa shape index (κ3) is 4.22. The van der Waals surface area contributed by atoms with E-state index in [-0.39, 0.29) is 11.9 Å². The second-order valence-electron chi connectivity index (χ2n) is 4.32. The molecule has 5 nitrogen and oxygen atoms in total. The predicted molar refractivity (Wildman–Crippen MR) is 68.4 cm³/mol. The lowest BCUT2D eigenvalue weighted by Crippen LogP contribution is -2.24. The van der Waals surface area contributed by atoms with Crippen molar-refractivity contribution in [1.82, 2.24) is 0 Å². The number of para-hydroxylation sites is 1. The number of carboxylic acid groups (broad SMARTS) is 1. The van der Waals surface area contributed by atoms with Crippen LogP contribution in [0.15, 0.2) is 24.3 Å². The van der Waals surface area contributed by atoms with E-state index in [2.05, 4.69) is 0 Å². The Morgan fingerprint density at radius 2 is 2.16 bits per heavy atom. The van der Waals surface area contributed by atoms with E-state index < -0.39 is 5.97 Å². The first-order valence-electron chi connectivity index (χ1n) is 6.45. The molecule has 1 saturated heterocycles. The summed E-state index contributed by atoms with van der Waals surface area (Å²) in [6, 6.07) is 6.57. The summed E-state index contributed by atoms with van der Waals surface area (Å²) in [5.41, 5.74) is 0.163. The molecule has 1 fully saturated rings. The van der Waals surface area contributed by atoms with E-state index in [9.17, 15) is 4.79 Å². The minimum Gasteiger partial charge on any atom is -0.490 e. The van der Waals surface area contributed by atoms with Crippen LogP contribution in [-0.4, -0.2) is 37.2 Å². The quantitative estimate of drug-likeness (QED) is 0.800. The lowest BCUT2D eigenvalue weighted by atomic mass is 10.2.